The van der Waals surface area contributed by atoms with E-state index in [2.05, 4.69) is 59.8 Å². The van der Waals surface area contributed by atoms with Crippen LogP contribution >= 0.6 is 11.6 Å². The van der Waals surface area contributed by atoms with Crippen molar-refractivity contribution in [2.24, 2.45) is 7.05 Å². The summed E-state index contributed by atoms with van der Waals surface area (Å²) in [5, 5.41) is 14.4. The normalized spacial score (nSPS) is 21.1. The Balaban J connectivity index is 1.34. The first-order chi connectivity index (χ1) is 19.8. The van der Waals surface area contributed by atoms with Crippen molar-refractivity contribution in [2.75, 3.05) is 29.5 Å². The molecule has 5 heterocycles. The van der Waals surface area contributed by atoms with Crippen molar-refractivity contribution < 1.29 is 4.74 Å². The van der Waals surface area contributed by atoms with Crippen molar-refractivity contribution in [1.29, 1.82) is 0 Å². The van der Waals surface area contributed by atoms with E-state index in [1.165, 1.54) is 18.4 Å². The van der Waals surface area contributed by atoms with Gasteiger partial charge in [0.05, 0.1) is 23.0 Å². The lowest BCUT2D eigenvalue weighted by molar-refractivity contribution is 0.0378. The third-order valence-corrected chi connectivity index (χ3v) is 9.49. The van der Waals surface area contributed by atoms with E-state index in [4.69, 9.17) is 31.4 Å². The molecule has 1 N–H and O–H groups in total. The average Bonchev–Trinajstić information content (AvgIpc) is 3.67. The molecule has 41 heavy (non-hydrogen) atoms. The number of aromatic amines is 1. The van der Waals surface area contributed by atoms with E-state index in [-0.39, 0.29) is 0 Å². The van der Waals surface area contributed by atoms with Gasteiger partial charge < -0.3 is 14.5 Å². The van der Waals surface area contributed by atoms with E-state index in [0.717, 1.165) is 101 Å². The highest BCUT2D eigenvalue weighted by molar-refractivity contribution is 6.33. The number of rotatable bonds is 6. The van der Waals surface area contributed by atoms with Crippen LogP contribution in [0.1, 0.15) is 73.7 Å². The number of benzene rings is 1. The molecule has 1 aliphatic carbocycles. The van der Waals surface area contributed by atoms with Crippen molar-refractivity contribution in [3.63, 3.8) is 0 Å². The fraction of sp³-hybridized carbons (Fsp3) is 0.548. The van der Waals surface area contributed by atoms with Crippen LogP contribution in [0.3, 0.4) is 0 Å². The van der Waals surface area contributed by atoms with Gasteiger partial charge in [0.1, 0.15) is 16.7 Å². The van der Waals surface area contributed by atoms with Gasteiger partial charge in [-0.3, -0.25) is 9.78 Å². The van der Waals surface area contributed by atoms with Crippen molar-refractivity contribution >= 4 is 34.1 Å². The molecule has 0 bridgehead atoms. The molecule has 2 atom stereocenters. The average molecular weight is 575 g/mol. The minimum absolute atomic E-state index is 0.290. The number of aryl methyl sites for hydroxylation is 3. The third-order valence-electron chi connectivity index (χ3n) is 9.12. The van der Waals surface area contributed by atoms with E-state index in [0.29, 0.717) is 24.6 Å². The van der Waals surface area contributed by atoms with Crippen LogP contribution in [-0.2, 0) is 24.8 Å². The van der Waals surface area contributed by atoms with Crippen molar-refractivity contribution in [3.8, 4) is 11.4 Å². The van der Waals surface area contributed by atoms with Gasteiger partial charge in [-0.15, -0.1) is 0 Å². The summed E-state index contributed by atoms with van der Waals surface area (Å²) in [6, 6.07) is 4.50. The van der Waals surface area contributed by atoms with Gasteiger partial charge in [-0.25, -0.2) is 9.97 Å². The molecule has 1 saturated carbocycles. The number of aromatic nitrogens is 6. The molecule has 4 aromatic rings. The lowest BCUT2D eigenvalue weighted by Crippen LogP contribution is -2.45. The zero-order chi connectivity index (χ0) is 28.4. The molecule has 0 spiro atoms. The molecular weight excluding hydrogens is 536 g/mol. The Kier molecular flexibility index (Phi) is 6.70. The number of halogens is 1. The highest BCUT2D eigenvalue weighted by atomic mass is 35.5. The van der Waals surface area contributed by atoms with Crippen LogP contribution in [0.2, 0.25) is 5.02 Å². The molecule has 1 aromatic carbocycles. The first-order valence-corrected chi connectivity index (χ1v) is 15.4. The Labute approximate surface area is 246 Å². The van der Waals surface area contributed by atoms with Crippen LogP contribution in [-0.4, -0.2) is 61.8 Å². The summed E-state index contributed by atoms with van der Waals surface area (Å²) in [4.78, 5) is 15.5. The van der Waals surface area contributed by atoms with E-state index in [1.54, 1.807) is 0 Å². The van der Waals surface area contributed by atoms with Crippen LogP contribution in [0.25, 0.3) is 22.3 Å². The summed E-state index contributed by atoms with van der Waals surface area (Å²) < 4.78 is 8.01. The predicted octanol–water partition coefficient (Wildman–Crippen LogP) is 5.86. The summed E-state index contributed by atoms with van der Waals surface area (Å²) in [5.41, 5.74) is 7.58. The smallest absolute Gasteiger partial charge is 0.162 e. The monoisotopic (exact) mass is 574 g/mol. The molecule has 9 nitrogen and oxygen atoms in total. The van der Waals surface area contributed by atoms with Gasteiger partial charge in [-0.1, -0.05) is 17.7 Å². The SMILES string of the molecule is CCO[C@@H]1CCN(c2nc(-c3c(C)ccc4n[nH]c(C)c34)nc3c2CN(c2c(Cl)c(C4CC4)nn2C)CC3)[C@H](C)C1. The lowest BCUT2D eigenvalue weighted by atomic mass is 9.97. The highest BCUT2D eigenvalue weighted by Gasteiger charge is 2.36. The molecule has 0 unspecified atom stereocenters. The topological polar surface area (TPSA) is 88.0 Å². The van der Waals surface area contributed by atoms with Crippen LogP contribution in [0, 0.1) is 13.8 Å². The van der Waals surface area contributed by atoms with Crippen molar-refractivity contribution in [3.05, 3.63) is 45.4 Å². The largest absolute Gasteiger partial charge is 0.378 e. The zero-order valence-corrected chi connectivity index (χ0v) is 25.4. The van der Waals surface area contributed by atoms with E-state index in [1.807, 2.05) is 11.7 Å². The lowest BCUT2D eigenvalue weighted by Gasteiger charge is -2.41. The molecule has 1 saturated heterocycles. The Morgan fingerprint density at radius 2 is 1.95 bits per heavy atom. The zero-order valence-electron chi connectivity index (χ0n) is 24.7. The number of hydrogen-bond acceptors (Lipinski definition) is 7. The maximum absolute atomic E-state index is 6.98. The molecule has 10 heteroatoms. The molecule has 3 aromatic heterocycles. The van der Waals surface area contributed by atoms with Crippen LogP contribution in [0.4, 0.5) is 11.6 Å². The Morgan fingerprint density at radius 1 is 1.12 bits per heavy atom. The summed E-state index contributed by atoms with van der Waals surface area (Å²) >= 11 is 6.98. The predicted molar refractivity (Wildman–Crippen MR) is 163 cm³/mol. The molecule has 2 fully saturated rings. The Hall–Kier alpha value is -3.17. The molecule has 216 valence electrons. The quantitative estimate of drug-likeness (QED) is 0.309. The summed E-state index contributed by atoms with van der Waals surface area (Å²) in [5.74, 6) is 3.33. The molecule has 0 amide bonds. The second kappa shape index (κ2) is 10.3. The number of nitrogens with zero attached hydrogens (tertiary/aromatic N) is 7. The van der Waals surface area contributed by atoms with Crippen LogP contribution in [0.5, 0.6) is 0 Å². The van der Waals surface area contributed by atoms with Gasteiger partial charge in [-0.05, 0) is 65.0 Å². The van der Waals surface area contributed by atoms with Crippen LogP contribution in [0.15, 0.2) is 12.1 Å². The number of nitrogens with one attached hydrogen (secondary N) is 1. The van der Waals surface area contributed by atoms with Gasteiger partial charge in [0, 0.05) is 73.9 Å². The Morgan fingerprint density at radius 3 is 2.71 bits per heavy atom. The van der Waals surface area contributed by atoms with E-state index >= 15 is 0 Å². The Bertz CT molecular complexity index is 1620. The fourth-order valence-corrected chi connectivity index (χ4v) is 7.32. The van der Waals surface area contributed by atoms with E-state index in [9.17, 15) is 0 Å². The summed E-state index contributed by atoms with van der Waals surface area (Å²) in [6.45, 7) is 11.8. The minimum atomic E-state index is 0.290. The van der Waals surface area contributed by atoms with E-state index < -0.39 is 0 Å². The minimum Gasteiger partial charge on any atom is -0.378 e. The molecule has 3 aliphatic rings. The number of piperidine rings is 1. The summed E-state index contributed by atoms with van der Waals surface area (Å²) in [7, 11) is 2.01. The van der Waals surface area contributed by atoms with Gasteiger partial charge in [0.25, 0.3) is 0 Å². The standard InChI is InChI=1S/C31H39ClN8O/c1-6-41-21-11-14-40(18(3)15-21)30-22-16-39(31-27(32)28(20-8-9-20)37-38(31)5)13-12-23(22)33-29(34-30)25-17(2)7-10-24-26(25)19(4)35-36-24/h7,10,18,20-21H,6,8-9,11-16H2,1-5H3,(H,35,36)/t18-,21-/m1/s1. The number of fused-ring (bicyclic) bond motifs is 2. The number of anilines is 2. The number of hydrogen-bond donors (Lipinski definition) is 1. The van der Waals surface area contributed by atoms with Gasteiger partial charge >= 0.3 is 0 Å². The molecule has 7 rings (SSSR count). The van der Waals surface area contributed by atoms with Gasteiger partial charge in [0.15, 0.2) is 5.82 Å². The third kappa shape index (κ3) is 4.57. The van der Waals surface area contributed by atoms with Crippen LogP contribution < -0.4 is 9.80 Å². The maximum atomic E-state index is 6.98. The summed E-state index contributed by atoms with van der Waals surface area (Å²) in [6.07, 6.45) is 5.44. The highest BCUT2D eigenvalue weighted by Crippen LogP contribution is 2.46. The molecule has 0 radical (unpaired) electrons. The number of ether oxygens (including phenoxy) is 1. The van der Waals surface area contributed by atoms with Gasteiger partial charge in [0.2, 0.25) is 0 Å². The first-order valence-electron chi connectivity index (χ1n) is 15.0. The second-order valence-corrected chi connectivity index (χ2v) is 12.4. The fourth-order valence-electron chi connectivity index (χ4n) is 6.88. The number of H-pyrrole nitrogens is 1. The van der Waals surface area contributed by atoms with Gasteiger partial charge in [-0.2, -0.15) is 10.2 Å². The first kappa shape index (κ1) is 26.7. The molecular formula is C31H39ClN8O. The second-order valence-electron chi connectivity index (χ2n) is 12.0. The maximum Gasteiger partial charge on any atom is 0.162 e. The van der Waals surface area contributed by atoms with Crippen molar-refractivity contribution in [2.45, 2.75) is 84.4 Å². The van der Waals surface area contributed by atoms with Crippen molar-refractivity contribution in [1.82, 2.24) is 29.9 Å². The molecule has 2 aliphatic heterocycles.